The summed E-state index contributed by atoms with van der Waals surface area (Å²) in [6.07, 6.45) is 4.81. The van der Waals surface area contributed by atoms with E-state index in [-0.39, 0.29) is 0 Å². The average molecular weight is 345 g/mol. The fourth-order valence-corrected chi connectivity index (χ4v) is 4.19. The third-order valence-electron chi connectivity index (χ3n) is 4.47. The molecule has 0 atom stereocenters. The predicted molar refractivity (Wildman–Crippen MR) is 93.4 cm³/mol. The molecule has 2 nitrogen and oxygen atoms in total. The quantitative estimate of drug-likeness (QED) is 0.606. The Balaban J connectivity index is 1.97. The maximum Gasteiger partial charge on any atom is 0.0704 e. The molecule has 0 saturated heterocycles. The minimum Gasteiger partial charge on any atom is -0.382 e. The number of hydrogen-bond donors (Lipinski definition) is 0. The first-order chi connectivity index (χ1) is 10.5. The van der Waals surface area contributed by atoms with Crippen LogP contribution in [0.4, 0.5) is 0 Å². The maximum absolute atomic E-state index is 6.44. The van der Waals surface area contributed by atoms with E-state index in [1.54, 1.807) is 7.11 Å². The van der Waals surface area contributed by atoms with Gasteiger partial charge < -0.3 is 9.47 Å². The number of benzene rings is 1. The van der Waals surface area contributed by atoms with Crippen LogP contribution in [0.1, 0.15) is 62.5 Å². The molecule has 1 saturated carbocycles. The third-order valence-corrected chi connectivity index (χ3v) is 5.09. The van der Waals surface area contributed by atoms with Gasteiger partial charge in [-0.05, 0) is 60.8 Å². The van der Waals surface area contributed by atoms with Crippen LogP contribution < -0.4 is 0 Å². The van der Waals surface area contributed by atoms with Crippen LogP contribution in [0.5, 0.6) is 0 Å². The van der Waals surface area contributed by atoms with Crippen molar-refractivity contribution in [2.75, 3.05) is 20.3 Å². The predicted octanol–water partition coefficient (Wildman–Crippen LogP) is 5.81. The number of rotatable bonds is 6. The van der Waals surface area contributed by atoms with Crippen molar-refractivity contribution in [3.05, 3.63) is 33.3 Å². The Morgan fingerprint density at radius 1 is 1.05 bits per heavy atom. The molecule has 1 aliphatic carbocycles. The van der Waals surface area contributed by atoms with Gasteiger partial charge in [0.1, 0.15) is 0 Å². The molecule has 1 aromatic carbocycles. The molecule has 0 N–H and O–H groups in total. The van der Waals surface area contributed by atoms with Crippen molar-refractivity contribution in [3.63, 3.8) is 0 Å². The van der Waals surface area contributed by atoms with Gasteiger partial charge >= 0.3 is 0 Å². The molecule has 1 aromatic rings. The molecule has 0 bridgehead atoms. The Bertz CT molecular complexity index is 457. The van der Waals surface area contributed by atoms with Crippen molar-refractivity contribution in [3.8, 4) is 0 Å². The second kappa shape index (κ2) is 8.54. The fraction of sp³-hybridized carbons (Fsp3) is 0.667. The molecule has 2 rings (SSSR count). The zero-order valence-electron chi connectivity index (χ0n) is 13.7. The summed E-state index contributed by atoms with van der Waals surface area (Å²) >= 11 is 12.9. The smallest absolute Gasteiger partial charge is 0.0704 e. The Hall–Kier alpha value is -0.280. The molecule has 0 radical (unpaired) electrons. The van der Waals surface area contributed by atoms with E-state index in [1.165, 1.54) is 5.56 Å². The highest BCUT2D eigenvalue weighted by Gasteiger charge is 2.24. The Kier molecular flexibility index (Phi) is 7.01. The van der Waals surface area contributed by atoms with Crippen molar-refractivity contribution in [1.82, 2.24) is 0 Å². The molecular weight excluding hydrogens is 319 g/mol. The van der Waals surface area contributed by atoms with E-state index >= 15 is 0 Å². The molecule has 0 aromatic heterocycles. The number of ether oxygens (including phenoxy) is 2. The monoisotopic (exact) mass is 344 g/mol. The molecule has 0 aliphatic heterocycles. The van der Waals surface area contributed by atoms with Crippen molar-refractivity contribution in [1.29, 1.82) is 0 Å². The van der Waals surface area contributed by atoms with Crippen molar-refractivity contribution in [2.45, 2.75) is 57.5 Å². The van der Waals surface area contributed by atoms with Gasteiger partial charge in [0.15, 0.2) is 0 Å². The SMILES string of the molecule is COCCOC1CCC(c2cc(Cl)c(C(C)C)c(Cl)c2)CC1. The number of methoxy groups -OCH3 is 1. The van der Waals surface area contributed by atoms with Crippen LogP contribution >= 0.6 is 23.2 Å². The second-order valence-electron chi connectivity index (χ2n) is 6.39. The molecule has 0 spiro atoms. The molecule has 22 heavy (non-hydrogen) atoms. The summed E-state index contributed by atoms with van der Waals surface area (Å²) in [6.45, 7) is 5.60. The second-order valence-corrected chi connectivity index (χ2v) is 7.20. The van der Waals surface area contributed by atoms with Gasteiger partial charge in [-0.15, -0.1) is 0 Å². The summed E-state index contributed by atoms with van der Waals surface area (Å²) < 4.78 is 10.9. The zero-order chi connectivity index (χ0) is 16.1. The lowest BCUT2D eigenvalue weighted by atomic mass is 9.82. The first-order valence-electron chi connectivity index (χ1n) is 8.12. The highest BCUT2D eigenvalue weighted by atomic mass is 35.5. The van der Waals surface area contributed by atoms with Gasteiger partial charge in [-0.1, -0.05) is 37.0 Å². The first-order valence-corrected chi connectivity index (χ1v) is 8.87. The summed E-state index contributed by atoms with van der Waals surface area (Å²) in [7, 11) is 1.70. The highest BCUT2D eigenvalue weighted by Crippen LogP contribution is 2.39. The van der Waals surface area contributed by atoms with Crippen LogP contribution in [0, 0.1) is 0 Å². The van der Waals surface area contributed by atoms with E-state index < -0.39 is 0 Å². The molecule has 124 valence electrons. The molecule has 0 heterocycles. The van der Waals surface area contributed by atoms with Gasteiger partial charge in [0.25, 0.3) is 0 Å². The van der Waals surface area contributed by atoms with Gasteiger partial charge in [0.05, 0.1) is 19.3 Å². The summed E-state index contributed by atoms with van der Waals surface area (Å²) in [4.78, 5) is 0. The molecule has 0 amide bonds. The van der Waals surface area contributed by atoms with E-state index in [0.717, 1.165) is 41.3 Å². The van der Waals surface area contributed by atoms with Gasteiger partial charge in [0, 0.05) is 17.2 Å². The van der Waals surface area contributed by atoms with Crippen LogP contribution in [0.15, 0.2) is 12.1 Å². The molecule has 4 heteroatoms. The maximum atomic E-state index is 6.44. The van der Waals surface area contributed by atoms with Gasteiger partial charge in [-0.2, -0.15) is 0 Å². The summed E-state index contributed by atoms with van der Waals surface area (Å²) in [6, 6.07) is 4.22. The normalized spacial score (nSPS) is 22.3. The van der Waals surface area contributed by atoms with Crippen LogP contribution in [0.3, 0.4) is 0 Å². The lowest BCUT2D eigenvalue weighted by Crippen LogP contribution is -2.22. The molecule has 1 fully saturated rings. The van der Waals surface area contributed by atoms with Crippen molar-refractivity contribution in [2.24, 2.45) is 0 Å². The number of halogens is 2. The van der Waals surface area contributed by atoms with Crippen molar-refractivity contribution >= 4 is 23.2 Å². The topological polar surface area (TPSA) is 18.5 Å². The summed E-state index contributed by atoms with van der Waals surface area (Å²) in [5, 5.41) is 1.60. The lowest BCUT2D eigenvalue weighted by Gasteiger charge is -2.29. The van der Waals surface area contributed by atoms with E-state index in [9.17, 15) is 0 Å². The fourth-order valence-electron chi connectivity index (χ4n) is 3.25. The minimum atomic E-state index is 0.346. The van der Waals surface area contributed by atoms with Crippen molar-refractivity contribution < 1.29 is 9.47 Å². The highest BCUT2D eigenvalue weighted by molar-refractivity contribution is 6.36. The van der Waals surface area contributed by atoms with E-state index in [0.29, 0.717) is 31.2 Å². The Morgan fingerprint density at radius 3 is 2.14 bits per heavy atom. The average Bonchev–Trinajstić information content (AvgIpc) is 2.47. The minimum absolute atomic E-state index is 0.346. The molecule has 1 aliphatic rings. The van der Waals surface area contributed by atoms with E-state index in [1.807, 2.05) is 0 Å². The summed E-state index contributed by atoms with van der Waals surface area (Å²) in [5.41, 5.74) is 2.33. The van der Waals surface area contributed by atoms with Gasteiger partial charge in [0.2, 0.25) is 0 Å². The Morgan fingerprint density at radius 2 is 1.64 bits per heavy atom. The molecular formula is C18H26Cl2O2. The zero-order valence-corrected chi connectivity index (χ0v) is 15.2. The third kappa shape index (κ3) is 4.61. The molecule has 0 unspecified atom stereocenters. The standard InChI is InChI=1S/C18H26Cl2O2/c1-12(2)18-16(19)10-14(11-17(18)20)13-4-6-15(7-5-13)22-9-8-21-3/h10-13,15H,4-9H2,1-3H3. The Labute approximate surface area is 144 Å². The van der Waals surface area contributed by atoms with Crippen LogP contribution in [-0.4, -0.2) is 26.4 Å². The van der Waals surface area contributed by atoms with Gasteiger partial charge in [-0.25, -0.2) is 0 Å². The van der Waals surface area contributed by atoms with Gasteiger partial charge in [-0.3, -0.25) is 0 Å². The largest absolute Gasteiger partial charge is 0.382 e. The van der Waals surface area contributed by atoms with E-state index in [4.69, 9.17) is 32.7 Å². The van der Waals surface area contributed by atoms with Crippen LogP contribution in [-0.2, 0) is 9.47 Å². The van der Waals surface area contributed by atoms with Crippen LogP contribution in [0.25, 0.3) is 0 Å². The van der Waals surface area contributed by atoms with E-state index in [2.05, 4.69) is 26.0 Å². The van der Waals surface area contributed by atoms with Crippen LogP contribution in [0.2, 0.25) is 10.0 Å². The number of hydrogen-bond acceptors (Lipinski definition) is 2. The first kappa shape index (κ1) is 18.1. The lowest BCUT2D eigenvalue weighted by molar-refractivity contribution is -0.00280. The summed E-state index contributed by atoms with van der Waals surface area (Å²) in [5.74, 6) is 0.887.